The summed E-state index contributed by atoms with van der Waals surface area (Å²) in [6.45, 7) is 0. The molecule has 3 N–H and O–H groups in total. The number of hydrogen-bond donors (Lipinski definition) is 3. The molecular weight excluding hydrogens is 458 g/mol. The van der Waals surface area contributed by atoms with Crippen LogP contribution in [0.3, 0.4) is 0 Å². The van der Waals surface area contributed by atoms with Crippen LogP contribution in [0.25, 0.3) is 0 Å². The number of aliphatic carboxylic acids is 1. The molecule has 0 saturated carbocycles. The van der Waals surface area contributed by atoms with Gasteiger partial charge in [-0.25, -0.2) is 18.8 Å². The number of carboxylic acids is 1. The first-order chi connectivity index (χ1) is 16.1. The first-order valence-electron chi connectivity index (χ1n) is 10.2. The molecule has 2 aliphatic rings. The Hall–Kier alpha value is -4.16. The molecule has 2 heterocycles. The number of nitrogens with one attached hydrogen (secondary N) is 2. The summed E-state index contributed by atoms with van der Waals surface area (Å²) in [5.41, 5.74) is -0.255. The monoisotopic (exact) mass is 478 g/mol. The Bertz CT molecular complexity index is 1080. The van der Waals surface area contributed by atoms with Crippen molar-refractivity contribution in [3.63, 3.8) is 0 Å². The molecule has 11 nitrogen and oxygen atoms in total. The Morgan fingerprint density at radius 3 is 2.59 bits per heavy atom. The fourth-order valence-electron chi connectivity index (χ4n) is 3.57. The van der Waals surface area contributed by atoms with Crippen LogP contribution in [0.4, 0.5) is 8.78 Å². The molecule has 0 spiro atoms. The number of aldehydes is 1. The van der Waals surface area contributed by atoms with Gasteiger partial charge in [-0.2, -0.15) is 0 Å². The van der Waals surface area contributed by atoms with Gasteiger partial charge in [-0.15, -0.1) is 0 Å². The molecule has 4 amide bonds. The summed E-state index contributed by atoms with van der Waals surface area (Å²) in [7, 11) is 0. The van der Waals surface area contributed by atoms with E-state index in [0.29, 0.717) is 6.07 Å². The van der Waals surface area contributed by atoms with Crippen LogP contribution in [0.1, 0.15) is 36.0 Å². The van der Waals surface area contributed by atoms with Gasteiger partial charge >= 0.3 is 5.97 Å². The van der Waals surface area contributed by atoms with Crippen molar-refractivity contribution >= 4 is 35.9 Å². The number of fused-ring (bicyclic) bond motifs is 1. The van der Waals surface area contributed by atoms with Gasteiger partial charge in [-0.3, -0.25) is 24.0 Å². The Morgan fingerprint density at radius 2 is 1.94 bits per heavy atom. The van der Waals surface area contributed by atoms with E-state index in [1.54, 1.807) is 0 Å². The number of amides is 4. The maximum Gasteiger partial charge on any atom is 0.305 e. The molecule has 0 bridgehead atoms. The minimum absolute atomic E-state index is 0.0517. The summed E-state index contributed by atoms with van der Waals surface area (Å²) in [6.07, 6.45) is 1.95. The van der Waals surface area contributed by atoms with Crippen LogP contribution in [0.2, 0.25) is 0 Å². The highest BCUT2D eigenvalue weighted by molar-refractivity contribution is 6.00. The Morgan fingerprint density at radius 1 is 1.21 bits per heavy atom. The molecule has 1 aromatic carbocycles. The lowest BCUT2D eigenvalue weighted by molar-refractivity contribution is -0.166. The average Bonchev–Trinajstić information content (AvgIpc) is 2.92. The minimum atomic E-state index is -1.36. The fourth-order valence-corrected chi connectivity index (χ4v) is 3.57. The fraction of sp³-hybridized carbons (Fsp3) is 0.333. The number of hydrogen-bond acceptors (Lipinski definition) is 6. The molecule has 180 valence electrons. The van der Waals surface area contributed by atoms with Crippen LogP contribution in [0.5, 0.6) is 0 Å². The van der Waals surface area contributed by atoms with Gasteiger partial charge in [0.25, 0.3) is 11.8 Å². The van der Waals surface area contributed by atoms with Crippen LogP contribution >= 0.6 is 0 Å². The average molecular weight is 478 g/mol. The van der Waals surface area contributed by atoms with E-state index in [2.05, 4.69) is 10.6 Å². The number of carbonyl (C=O) groups excluding carboxylic acids is 5. The van der Waals surface area contributed by atoms with Crippen molar-refractivity contribution in [1.82, 2.24) is 20.7 Å². The SMILES string of the molecule is O=C[C@H](CC(=O)O)NC(=O)[C@@H]1CC=CN2C(=O)CC[C@H](NC(=O)c3ccc(F)c(F)c3)C(=O)N12. The van der Waals surface area contributed by atoms with Gasteiger partial charge in [0, 0.05) is 18.2 Å². The van der Waals surface area contributed by atoms with E-state index in [4.69, 9.17) is 5.11 Å². The van der Waals surface area contributed by atoms with E-state index in [1.165, 1.54) is 12.3 Å². The molecule has 3 atom stereocenters. The van der Waals surface area contributed by atoms with Crippen LogP contribution in [0, 0.1) is 11.6 Å². The highest BCUT2D eigenvalue weighted by Crippen LogP contribution is 2.24. The van der Waals surface area contributed by atoms with Crippen molar-refractivity contribution in [2.75, 3.05) is 0 Å². The second kappa shape index (κ2) is 10.2. The van der Waals surface area contributed by atoms with Crippen molar-refractivity contribution in [2.45, 2.75) is 43.8 Å². The first kappa shape index (κ1) is 24.5. The second-order valence-corrected chi connectivity index (χ2v) is 7.60. The molecule has 1 saturated heterocycles. The number of rotatable bonds is 7. The first-order valence-corrected chi connectivity index (χ1v) is 10.2. The minimum Gasteiger partial charge on any atom is -0.481 e. The summed E-state index contributed by atoms with van der Waals surface area (Å²) < 4.78 is 26.7. The molecule has 3 rings (SSSR count). The lowest BCUT2D eigenvalue weighted by Gasteiger charge is -2.39. The molecule has 13 heteroatoms. The van der Waals surface area contributed by atoms with Crippen LogP contribution < -0.4 is 10.6 Å². The molecule has 1 fully saturated rings. The lowest BCUT2D eigenvalue weighted by Crippen LogP contribution is -2.62. The highest BCUT2D eigenvalue weighted by Gasteiger charge is 2.43. The summed E-state index contributed by atoms with van der Waals surface area (Å²) in [6, 6.07) is -1.51. The maximum absolute atomic E-state index is 13.5. The number of benzene rings is 1. The maximum atomic E-state index is 13.5. The summed E-state index contributed by atoms with van der Waals surface area (Å²) >= 11 is 0. The topological polar surface area (TPSA) is 153 Å². The third-order valence-corrected chi connectivity index (χ3v) is 5.24. The van der Waals surface area contributed by atoms with Gasteiger partial charge in [0.05, 0.1) is 12.5 Å². The highest BCUT2D eigenvalue weighted by atomic mass is 19.2. The number of hydrazine groups is 1. The van der Waals surface area contributed by atoms with E-state index in [9.17, 15) is 37.5 Å². The van der Waals surface area contributed by atoms with Gasteiger partial charge in [-0.05, 0) is 31.0 Å². The number of nitrogens with zero attached hydrogens (tertiary/aromatic N) is 2. The normalized spacial score (nSPS) is 20.8. The number of carbonyl (C=O) groups is 6. The molecule has 0 unspecified atom stereocenters. The second-order valence-electron chi connectivity index (χ2n) is 7.60. The van der Waals surface area contributed by atoms with Gasteiger partial charge < -0.3 is 20.5 Å². The zero-order chi connectivity index (χ0) is 25.0. The van der Waals surface area contributed by atoms with E-state index in [0.717, 1.165) is 22.2 Å². The van der Waals surface area contributed by atoms with Crippen LogP contribution in [-0.4, -0.2) is 69.1 Å². The Kier molecular flexibility index (Phi) is 7.34. The van der Waals surface area contributed by atoms with E-state index < -0.39 is 65.8 Å². The van der Waals surface area contributed by atoms with E-state index in [-0.39, 0.29) is 31.1 Å². The summed E-state index contributed by atoms with van der Waals surface area (Å²) in [4.78, 5) is 73.2. The van der Waals surface area contributed by atoms with Gasteiger partial charge in [0.15, 0.2) is 11.6 Å². The third-order valence-electron chi connectivity index (χ3n) is 5.24. The van der Waals surface area contributed by atoms with Crippen molar-refractivity contribution in [1.29, 1.82) is 0 Å². The van der Waals surface area contributed by atoms with E-state index >= 15 is 0 Å². The van der Waals surface area contributed by atoms with E-state index in [1.807, 2.05) is 0 Å². The Balaban J connectivity index is 1.83. The number of carboxylic acid groups (broad SMARTS) is 1. The zero-order valence-corrected chi connectivity index (χ0v) is 17.6. The largest absolute Gasteiger partial charge is 0.481 e. The molecule has 0 aliphatic carbocycles. The van der Waals surface area contributed by atoms with Gasteiger partial charge in [0.1, 0.15) is 18.4 Å². The zero-order valence-electron chi connectivity index (χ0n) is 17.6. The lowest BCUT2D eigenvalue weighted by atomic mass is 10.1. The number of halogens is 2. The summed E-state index contributed by atoms with van der Waals surface area (Å²) in [5, 5.41) is 15.2. The molecule has 34 heavy (non-hydrogen) atoms. The standard InChI is InChI=1S/C21H20F2N4O7/c22-13-4-3-11(8-14(13)23)19(32)25-15-5-6-17(29)26-7-1-2-16(27(26)21(15)34)20(33)24-12(10-28)9-18(30)31/h1,3-4,7-8,10,12,15-16H,2,5-6,9H2,(H,24,33)(H,25,32)(H,30,31)/t12-,15-,16-/m0/s1. The third kappa shape index (κ3) is 5.24. The predicted molar refractivity (Wildman–Crippen MR) is 108 cm³/mol. The molecule has 1 aromatic rings. The van der Waals surface area contributed by atoms with Crippen LogP contribution in [0.15, 0.2) is 30.5 Å². The molecule has 0 radical (unpaired) electrons. The Labute approximate surface area is 191 Å². The van der Waals surface area contributed by atoms with Crippen LogP contribution in [-0.2, 0) is 24.0 Å². The van der Waals surface area contributed by atoms with Crippen molar-refractivity contribution in [2.24, 2.45) is 0 Å². The molecular formula is C21H20F2N4O7. The van der Waals surface area contributed by atoms with Gasteiger partial charge in [0.2, 0.25) is 11.8 Å². The van der Waals surface area contributed by atoms with Crippen molar-refractivity contribution in [3.8, 4) is 0 Å². The smallest absolute Gasteiger partial charge is 0.305 e. The van der Waals surface area contributed by atoms with Gasteiger partial charge in [-0.1, -0.05) is 6.08 Å². The molecule has 2 aliphatic heterocycles. The molecule has 0 aromatic heterocycles. The quantitative estimate of drug-likeness (QED) is 0.462. The predicted octanol–water partition coefficient (Wildman–Crippen LogP) is -0.126. The van der Waals surface area contributed by atoms with Crippen molar-refractivity contribution < 1.29 is 42.7 Å². The van der Waals surface area contributed by atoms with Crippen molar-refractivity contribution in [3.05, 3.63) is 47.7 Å². The summed E-state index contributed by atoms with van der Waals surface area (Å²) in [5.74, 6) is -6.89.